The monoisotopic (exact) mass is 320 g/mol. The Hall–Kier alpha value is -2.18. The third kappa shape index (κ3) is 3.52. The third-order valence-electron chi connectivity index (χ3n) is 3.11. The number of rotatable bonds is 6. The summed E-state index contributed by atoms with van der Waals surface area (Å²) in [5.74, 6) is 0.388. The molecule has 22 heavy (non-hydrogen) atoms. The van der Waals surface area contributed by atoms with Gasteiger partial charge in [0.05, 0.1) is 12.0 Å². The zero-order chi connectivity index (χ0) is 16.2. The van der Waals surface area contributed by atoms with Gasteiger partial charge in [0, 0.05) is 5.56 Å². The summed E-state index contributed by atoms with van der Waals surface area (Å²) in [7, 11) is -2.61. The van der Waals surface area contributed by atoms with Gasteiger partial charge in [-0.2, -0.15) is 8.42 Å². The smallest absolute Gasteiger partial charge is 0.297 e. The molecule has 0 aliphatic rings. The lowest BCUT2D eigenvalue weighted by Crippen LogP contribution is -2.14. The van der Waals surface area contributed by atoms with Crippen molar-refractivity contribution in [1.82, 2.24) is 0 Å². The van der Waals surface area contributed by atoms with Crippen LogP contribution in [-0.2, 0) is 19.1 Å². The number of aldehydes is 1. The number of hydrogen-bond donors (Lipinski definition) is 0. The number of aryl methyl sites for hydroxylation is 1. The van der Waals surface area contributed by atoms with Gasteiger partial charge in [0.25, 0.3) is 10.1 Å². The van der Waals surface area contributed by atoms with Gasteiger partial charge in [0.15, 0.2) is 12.4 Å². The first-order valence-corrected chi connectivity index (χ1v) is 7.97. The van der Waals surface area contributed by atoms with E-state index in [1.807, 2.05) is 6.92 Å². The van der Waals surface area contributed by atoms with E-state index in [1.165, 1.54) is 19.2 Å². The van der Waals surface area contributed by atoms with Gasteiger partial charge in [-0.3, -0.25) is 4.18 Å². The first-order chi connectivity index (χ1) is 10.5. The molecule has 0 heterocycles. The highest BCUT2D eigenvalue weighted by Crippen LogP contribution is 2.29. The number of carbonyl (C=O) groups is 1. The van der Waals surface area contributed by atoms with Crippen LogP contribution in [0.2, 0.25) is 0 Å². The van der Waals surface area contributed by atoms with Crippen LogP contribution in [0.3, 0.4) is 0 Å². The summed E-state index contributed by atoms with van der Waals surface area (Å²) in [5.41, 5.74) is 1.28. The quantitative estimate of drug-likeness (QED) is 0.604. The summed E-state index contributed by atoms with van der Waals surface area (Å²) in [5, 5.41) is 0. The molecule has 116 valence electrons. The van der Waals surface area contributed by atoms with Crippen molar-refractivity contribution in [1.29, 1.82) is 0 Å². The molecule has 0 aliphatic carbocycles. The second-order valence-electron chi connectivity index (χ2n) is 4.66. The van der Waals surface area contributed by atoms with Crippen LogP contribution in [0.4, 0.5) is 0 Å². The van der Waals surface area contributed by atoms with Gasteiger partial charge in [-0.05, 0) is 25.1 Å². The lowest BCUT2D eigenvalue weighted by molar-refractivity contribution is -0.113. The van der Waals surface area contributed by atoms with E-state index in [9.17, 15) is 13.2 Å². The van der Waals surface area contributed by atoms with Crippen LogP contribution in [-0.4, -0.2) is 21.8 Å². The first-order valence-electron chi connectivity index (χ1n) is 6.56. The summed E-state index contributed by atoms with van der Waals surface area (Å²) in [6.45, 7) is 1.85. The summed E-state index contributed by atoms with van der Waals surface area (Å²) in [6.07, 6.45) is -0.827. The first kappa shape index (κ1) is 16.2. The predicted octanol–water partition coefficient (Wildman–Crippen LogP) is 2.65. The molecule has 6 heteroatoms. The van der Waals surface area contributed by atoms with Gasteiger partial charge < -0.3 is 9.53 Å². The molecule has 0 saturated carbocycles. The molecule has 0 bridgehead atoms. The number of benzene rings is 2. The molecule has 0 aliphatic heterocycles. The van der Waals surface area contributed by atoms with Gasteiger partial charge in [0.2, 0.25) is 0 Å². The number of para-hydroxylation sites is 1. The van der Waals surface area contributed by atoms with E-state index in [1.54, 1.807) is 36.4 Å². The average molecular weight is 320 g/mol. The highest BCUT2D eigenvalue weighted by molar-refractivity contribution is 7.86. The van der Waals surface area contributed by atoms with Crippen LogP contribution in [0.25, 0.3) is 0 Å². The van der Waals surface area contributed by atoms with Crippen molar-refractivity contribution >= 4 is 16.4 Å². The van der Waals surface area contributed by atoms with E-state index < -0.39 is 16.2 Å². The SMILES string of the molecule is COc1ccccc1C(C=O)OS(=O)(=O)c1ccc(C)cc1. The molecular formula is C16H16O5S. The van der Waals surface area contributed by atoms with E-state index in [4.69, 9.17) is 8.92 Å². The van der Waals surface area contributed by atoms with Crippen molar-refractivity contribution in [2.75, 3.05) is 7.11 Å². The molecule has 2 aromatic rings. The van der Waals surface area contributed by atoms with E-state index >= 15 is 0 Å². The molecular weight excluding hydrogens is 304 g/mol. The highest BCUT2D eigenvalue weighted by Gasteiger charge is 2.25. The summed E-state index contributed by atoms with van der Waals surface area (Å²) >= 11 is 0. The van der Waals surface area contributed by atoms with Gasteiger partial charge in [0.1, 0.15) is 5.75 Å². The summed E-state index contributed by atoms with van der Waals surface area (Å²) < 4.78 is 34.7. The van der Waals surface area contributed by atoms with Crippen molar-refractivity contribution in [2.45, 2.75) is 17.9 Å². The van der Waals surface area contributed by atoms with Crippen molar-refractivity contribution in [3.8, 4) is 5.75 Å². The molecule has 2 aromatic carbocycles. The Morgan fingerprint density at radius 2 is 1.68 bits per heavy atom. The average Bonchev–Trinajstić information content (AvgIpc) is 2.53. The maximum atomic E-state index is 12.3. The Balaban J connectivity index is 2.33. The van der Waals surface area contributed by atoms with Crippen LogP contribution in [0.5, 0.6) is 5.75 Å². The Bertz CT molecular complexity index is 750. The molecule has 0 saturated heterocycles. The topological polar surface area (TPSA) is 69.7 Å². The zero-order valence-corrected chi connectivity index (χ0v) is 13.0. The third-order valence-corrected chi connectivity index (χ3v) is 4.42. The molecule has 0 N–H and O–H groups in total. The highest BCUT2D eigenvalue weighted by atomic mass is 32.2. The standard InChI is InChI=1S/C16H16O5S/c1-12-7-9-13(10-8-12)22(18,19)21-16(11-17)14-5-3-4-6-15(14)20-2/h3-11,16H,1-2H3. The fourth-order valence-electron chi connectivity index (χ4n) is 1.95. The fraction of sp³-hybridized carbons (Fsp3) is 0.188. The normalized spacial score (nSPS) is 12.6. The number of methoxy groups -OCH3 is 1. The maximum absolute atomic E-state index is 12.3. The minimum atomic E-state index is -4.05. The molecule has 0 fully saturated rings. The van der Waals surface area contributed by atoms with Gasteiger partial charge in [-0.25, -0.2) is 0 Å². The molecule has 0 spiro atoms. The minimum absolute atomic E-state index is 0.000141. The van der Waals surface area contributed by atoms with Crippen molar-refractivity contribution in [2.24, 2.45) is 0 Å². The van der Waals surface area contributed by atoms with Crippen molar-refractivity contribution < 1.29 is 22.1 Å². The maximum Gasteiger partial charge on any atom is 0.297 e. The fourth-order valence-corrected chi connectivity index (χ4v) is 2.95. The van der Waals surface area contributed by atoms with E-state index in [-0.39, 0.29) is 4.90 Å². The summed E-state index contributed by atoms with van der Waals surface area (Å²) in [6, 6.07) is 12.8. The number of carbonyl (C=O) groups excluding carboxylic acids is 1. The number of hydrogen-bond acceptors (Lipinski definition) is 5. The molecule has 5 nitrogen and oxygen atoms in total. The molecule has 2 rings (SSSR count). The van der Waals surface area contributed by atoms with Gasteiger partial charge in [-0.1, -0.05) is 35.9 Å². The van der Waals surface area contributed by atoms with Crippen LogP contribution in [0.15, 0.2) is 53.4 Å². The second-order valence-corrected chi connectivity index (χ2v) is 6.23. The van der Waals surface area contributed by atoms with Crippen molar-refractivity contribution in [3.05, 3.63) is 59.7 Å². The summed E-state index contributed by atoms with van der Waals surface area (Å²) in [4.78, 5) is 11.3. The largest absolute Gasteiger partial charge is 0.496 e. The molecule has 1 unspecified atom stereocenters. The van der Waals surface area contributed by atoms with E-state index in [0.29, 0.717) is 17.6 Å². The Kier molecular flexibility index (Phi) is 4.95. The lowest BCUT2D eigenvalue weighted by Gasteiger charge is -2.15. The molecule has 0 radical (unpaired) electrons. The van der Waals surface area contributed by atoms with Crippen LogP contribution in [0, 0.1) is 6.92 Å². The van der Waals surface area contributed by atoms with Gasteiger partial charge in [-0.15, -0.1) is 0 Å². The van der Waals surface area contributed by atoms with Crippen molar-refractivity contribution in [3.63, 3.8) is 0 Å². The van der Waals surface area contributed by atoms with Crippen LogP contribution in [0.1, 0.15) is 17.2 Å². The van der Waals surface area contributed by atoms with E-state index in [2.05, 4.69) is 0 Å². The second kappa shape index (κ2) is 6.72. The predicted molar refractivity (Wildman–Crippen MR) is 81.2 cm³/mol. The number of ether oxygens (including phenoxy) is 1. The lowest BCUT2D eigenvalue weighted by atomic mass is 10.1. The van der Waals surface area contributed by atoms with E-state index in [0.717, 1.165) is 5.56 Å². The molecule has 0 aromatic heterocycles. The van der Waals surface area contributed by atoms with Crippen LogP contribution >= 0.6 is 0 Å². The minimum Gasteiger partial charge on any atom is -0.496 e. The van der Waals surface area contributed by atoms with Crippen LogP contribution < -0.4 is 4.74 Å². The zero-order valence-electron chi connectivity index (χ0n) is 12.2. The Labute approximate surface area is 129 Å². The molecule has 1 atom stereocenters. The molecule has 0 amide bonds. The van der Waals surface area contributed by atoms with Gasteiger partial charge >= 0.3 is 0 Å². The Morgan fingerprint density at radius 3 is 2.27 bits per heavy atom. The Morgan fingerprint density at radius 1 is 1.05 bits per heavy atom.